The summed E-state index contributed by atoms with van der Waals surface area (Å²) in [6, 6.07) is 33.5. The summed E-state index contributed by atoms with van der Waals surface area (Å²) in [5.74, 6) is 1.60. The second-order valence-electron chi connectivity index (χ2n) is 8.82. The number of Topliss-reactive ketones (excluding diaryl/α,β-unsaturated/α-hetero) is 1. The van der Waals surface area contributed by atoms with Crippen LogP contribution in [0.4, 0.5) is 0 Å². The molecule has 4 aromatic carbocycles. The van der Waals surface area contributed by atoms with E-state index in [-0.39, 0.29) is 11.7 Å². The molecule has 1 fully saturated rings. The van der Waals surface area contributed by atoms with E-state index in [4.69, 9.17) is 14.2 Å². The second-order valence-corrected chi connectivity index (χ2v) is 8.82. The normalized spacial score (nSPS) is 20.0. The lowest BCUT2D eigenvalue weighted by atomic mass is 9.96. The summed E-state index contributed by atoms with van der Waals surface area (Å²) in [4.78, 5) is 13.4. The molecule has 2 aliphatic rings. The van der Waals surface area contributed by atoms with Gasteiger partial charge in [0.05, 0.1) is 11.5 Å². The number of ketones is 1. The van der Waals surface area contributed by atoms with Crippen molar-refractivity contribution in [2.75, 3.05) is 0 Å². The fourth-order valence-electron chi connectivity index (χ4n) is 4.66. The summed E-state index contributed by atoms with van der Waals surface area (Å²) in [6.45, 7) is 0.773. The molecule has 0 aromatic heterocycles. The molecule has 0 spiro atoms. The lowest BCUT2D eigenvalue weighted by Crippen LogP contribution is -2.28. The monoisotopic (exact) mass is 448 g/mol. The second kappa shape index (κ2) is 8.38. The van der Waals surface area contributed by atoms with Gasteiger partial charge in [-0.1, -0.05) is 91.0 Å². The van der Waals surface area contributed by atoms with Gasteiger partial charge in [-0.15, -0.1) is 0 Å². The Hall–Kier alpha value is -4.05. The van der Waals surface area contributed by atoms with Crippen LogP contribution in [0.25, 0.3) is 0 Å². The molecule has 2 unspecified atom stereocenters. The molecule has 168 valence electrons. The van der Waals surface area contributed by atoms with Crippen LogP contribution in [-0.4, -0.2) is 5.78 Å². The first-order valence-corrected chi connectivity index (χ1v) is 11.5. The van der Waals surface area contributed by atoms with Gasteiger partial charge in [-0.25, -0.2) is 0 Å². The Labute approximate surface area is 198 Å². The van der Waals surface area contributed by atoms with Gasteiger partial charge in [0, 0.05) is 12.5 Å². The molecule has 4 nitrogen and oxygen atoms in total. The predicted molar refractivity (Wildman–Crippen MR) is 129 cm³/mol. The first kappa shape index (κ1) is 20.5. The highest BCUT2D eigenvalue weighted by molar-refractivity contribution is 6.05. The fraction of sp³-hybridized carbons (Fsp3) is 0.167. The zero-order valence-corrected chi connectivity index (χ0v) is 18.6. The number of carbonyl (C=O) groups is 1. The molecule has 1 aliphatic heterocycles. The van der Waals surface area contributed by atoms with Crippen LogP contribution in [-0.2, 0) is 18.8 Å². The van der Waals surface area contributed by atoms with Crippen molar-refractivity contribution in [3.8, 4) is 17.2 Å². The molecule has 0 amide bonds. The standard InChI is InChI=1S/C30H24O4/c31-29-24-16-27(32-19-21-10-4-1-5-11-21)28(33-20-22-12-6-2-7-13-22)17-26(24)34-30(18-25(29)30)23-14-8-3-9-15-23/h1-17,25H,18-20H2. The average molecular weight is 449 g/mol. The molecular weight excluding hydrogens is 424 g/mol. The van der Waals surface area contributed by atoms with Gasteiger partial charge in [0.15, 0.2) is 17.3 Å². The maximum absolute atomic E-state index is 13.4. The van der Waals surface area contributed by atoms with E-state index in [0.29, 0.717) is 42.4 Å². The van der Waals surface area contributed by atoms with Gasteiger partial charge in [0.1, 0.15) is 24.6 Å². The highest BCUT2D eigenvalue weighted by Crippen LogP contribution is 2.61. The van der Waals surface area contributed by atoms with E-state index in [2.05, 4.69) is 0 Å². The van der Waals surface area contributed by atoms with Gasteiger partial charge < -0.3 is 14.2 Å². The topological polar surface area (TPSA) is 44.8 Å². The van der Waals surface area contributed by atoms with Crippen molar-refractivity contribution in [2.24, 2.45) is 5.92 Å². The van der Waals surface area contributed by atoms with Crippen LogP contribution in [0.3, 0.4) is 0 Å². The van der Waals surface area contributed by atoms with Gasteiger partial charge in [-0.3, -0.25) is 4.79 Å². The van der Waals surface area contributed by atoms with Gasteiger partial charge >= 0.3 is 0 Å². The van der Waals surface area contributed by atoms with Gasteiger partial charge in [0.2, 0.25) is 0 Å². The van der Waals surface area contributed by atoms with Crippen molar-refractivity contribution in [3.63, 3.8) is 0 Å². The maximum Gasteiger partial charge on any atom is 0.174 e. The highest BCUT2D eigenvalue weighted by Gasteiger charge is 2.65. The van der Waals surface area contributed by atoms with E-state index in [1.807, 2.05) is 97.1 Å². The van der Waals surface area contributed by atoms with Crippen molar-refractivity contribution in [1.29, 1.82) is 0 Å². The molecule has 0 radical (unpaired) electrons. The minimum Gasteiger partial charge on any atom is -0.485 e. The predicted octanol–water partition coefficient (Wildman–Crippen LogP) is 6.34. The Morgan fingerprint density at radius 3 is 1.85 bits per heavy atom. The highest BCUT2D eigenvalue weighted by atomic mass is 16.5. The lowest BCUT2D eigenvalue weighted by molar-refractivity contribution is 0.0821. The smallest absolute Gasteiger partial charge is 0.174 e. The fourth-order valence-corrected chi connectivity index (χ4v) is 4.66. The number of ether oxygens (including phenoxy) is 3. The number of rotatable bonds is 7. The third kappa shape index (κ3) is 3.71. The first-order chi connectivity index (χ1) is 16.7. The number of hydrogen-bond acceptors (Lipinski definition) is 4. The van der Waals surface area contributed by atoms with E-state index < -0.39 is 5.60 Å². The zero-order valence-electron chi connectivity index (χ0n) is 18.6. The van der Waals surface area contributed by atoms with Crippen LogP contribution in [0.1, 0.15) is 33.5 Å². The van der Waals surface area contributed by atoms with Crippen LogP contribution < -0.4 is 14.2 Å². The van der Waals surface area contributed by atoms with Crippen molar-refractivity contribution >= 4 is 5.78 Å². The molecule has 0 bridgehead atoms. The van der Waals surface area contributed by atoms with E-state index in [0.717, 1.165) is 16.7 Å². The molecule has 0 saturated heterocycles. The Morgan fingerprint density at radius 2 is 1.26 bits per heavy atom. The summed E-state index contributed by atoms with van der Waals surface area (Å²) >= 11 is 0. The Kier molecular flexibility index (Phi) is 5.06. The largest absolute Gasteiger partial charge is 0.485 e. The van der Waals surface area contributed by atoms with Gasteiger partial charge in [-0.05, 0) is 22.8 Å². The number of fused-ring (bicyclic) bond motifs is 2. The summed E-state index contributed by atoms with van der Waals surface area (Å²) < 4.78 is 18.8. The number of benzene rings is 4. The molecule has 1 aliphatic carbocycles. The molecule has 34 heavy (non-hydrogen) atoms. The first-order valence-electron chi connectivity index (χ1n) is 11.5. The van der Waals surface area contributed by atoms with Crippen LogP contribution in [0.2, 0.25) is 0 Å². The summed E-state index contributed by atoms with van der Waals surface area (Å²) in [5.41, 5.74) is 3.12. The molecule has 4 aromatic rings. The van der Waals surface area contributed by atoms with Crippen molar-refractivity contribution in [1.82, 2.24) is 0 Å². The molecule has 0 N–H and O–H groups in total. The van der Waals surface area contributed by atoms with E-state index in [9.17, 15) is 4.79 Å². The Morgan fingerprint density at radius 1 is 0.735 bits per heavy atom. The average Bonchev–Trinajstić information content (AvgIpc) is 3.64. The van der Waals surface area contributed by atoms with E-state index in [1.54, 1.807) is 6.07 Å². The van der Waals surface area contributed by atoms with E-state index >= 15 is 0 Å². The van der Waals surface area contributed by atoms with Gasteiger partial charge in [0.25, 0.3) is 0 Å². The van der Waals surface area contributed by atoms with Crippen LogP contribution in [0.5, 0.6) is 17.2 Å². The molecule has 6 rings (SSSR count). The van der Waals surface area contributed by atoms with Crippen molar-refractivity contribution in [2.45, 2.75) is 25.2 Å². The lowest BCUT2D eigenvalue weighted by Gasteiger charge is -2.27. The molecule has 4 heteroatoms. The van der Waals surface area contributed by atoms with Crippen molar-refractivity contribution < 1.29 is 19.0 Å². The van der Waals surface area contributed by atoms with Gasteiger partial charge in [-0.2, -0.15) is 0 Å². The SMILES string of the molecule is O=C1c2cc(OCc3ccccc3)c(OCc3ccccc3)cc2OC2(c3ccccc3)CC12. The van der Waals surface area contributed by atoms with Crippen LogP contribution in [0, 0.1) is 5.92 Å². The maximum atomic E-state index is 13.4. The molecule has 1 saturated carbocycles. The van der Waals surface area contributed by atoms with Crippen molar-refractivity contribution in [3.05, 3.63) is 125 Å². The quantitative estimate of drug-likeness (QED) is 0.331. The molecule has 1 heterocycles. The minimum atomic E-state index is -0.575. The minimum absolute atomic E-state index is 0.101. The summed E-state index contributed by atoms with van der Waals surface area (Å²) in [5, 5.41) is 0. The summed E-state index contributed by atoms with van der Waals surface area (Å²) in [7, 11) is 0. The Bertz CT molecular complexity index is 1320. The van der Waals surface area contributed by atoms with Crippen LogP contribution >= 0.6 is 0 Å². The molecule has 2 atom stereocenters. The van der Waals surface area contributed by atoms with Crippen LogP contribution in [0.15, 0.2) is 103 Å². The third-order valence-electron chi connectivity index (χ3n) is 6.57. The number of hydrogen-bond donors (Lipinski definition) is 0. The molecular formula is C30H24O4. The number of carbonyl (C=O) groups excluding carboxylic acids is 1. The zero-order chi connectivity index (χ0) is 23.0. The van der Waals surface area contributed by atoms with E-state index in [1.165, 1.54) is 0 Å². The summed E-state index contributed by atoms with van der Waals surface area (Å²) in [6.07, 6.45) is 0.685. The Balaban J connectivity index is 1.33. The third-order valence-corrected chi connectivity index (χ3v) is 6.57.